The number of amides is 1. The number of ether oxygens (including phenoxy) is 1. The third-order valence-electron chi connectivity index (χ3n) is 5.87. The summed E-state index contributed by atoms with van der Waals surface area (Å²) in [5.74, 6) is 0.769. The zero-order valence-corrected chi connectivity index (χ0v) is 19.0. The lowest BCUT2D eigenvalue weighted by atomic mass is 9.96. The normalized spacial score (nSPS) is 14.6. The second-order valence-corrected chi connectivity index (χ2v) is 8.62. The number of rotatable bonds is 9. The second-order valence-electron chi connectivity index (χ2n) is 8.62. The zero-order valence-electron chi connectivity index (χ0n) is 19.0. The molecule has 2 N–H and O–H groups in total. The number of anilines is 1. The molecule has 4 rings (SSSR count). The molecule has 0 unspecified atom stereocenters. The number of likely N-dealkylation sites (tertiary alicyclic amines) is 1. The van der Waals surface area contributed by atoms with Crippen LogP contribution in [0, 0.1) is 17.6 Å². The van der Waals surface area contributed by atoms with E-state index in [0.29, 0.717) is 29.5 Å². The minimum Gasteiger partial charge on any atom is -0.457 e. The first-order valence-electron chi connectivity index (χ1n) is 11.5. The monoisotopic (exact) mass is 465 g/mol. The van der Waals surface area contributed by atoms with Crippen molar-refractivity contribution in [2.75, 3.05) is 31.5 Å². The summed E-state index contributed by atoms with van der Waals surface area (Å²) in [7, 11) is 0. The summed E-state index contributed by atoms with van der Waals surface area (Å²) in [6, 6.07) is 20.5. The van der Waals surface area contributed by atoms with Crippen LogP contribution >= 0.6 is 0 Å². The van der Waals surface area contributed by atoms with Gasteiger partial charge in [0.1, 0.15) is 23.1 Å². The van der Waals surface area contributed by atoms with Crippen molar-refractivity contribution < 1.29 is 18.3 Å². The predicted molar refractivity (Wildman–Crippen MR) is 129 cm³/mol. The van der Waals surface area contributed by atoms with Crippen LogP contribution in [0.5, 0.6) is 11.5 Å². The highest BCUT2D eigenvalue weighted by atomic mass is 19.1. The lowest BCUT2D eigenvalue weighted by Gasteiger charge is -2.32. The third-order valence-corrected chi connectivity index (χ3v) is 5.87. The van der Waals surface area contributed by atoms with Gasteiger partial charge in [-0.25, -0.2) is 8.78 Å². The molecule has 0 aliphatic carbocycles. The molecule has 0 saturated carbocycles. The van der Waals surface area contributed by atoms with Gasteiger partial charge < -0.3 is 15.4 Å². The summed E-state index contributed by atoms with van der Waals surface area (Å²) in [4.78, 5) is 14.5. The number of carbonyl (C=O) groups is 1. The van der Waals surface area contributed by atoms with Crippen molar-refractivity contribution in [3.05, 3.63) is 90.0 Å². The van der Waals surface area contributed by atoms with Gasteiger partial charge in [-0.1, -0.05) is 18.2 Å². The molecule has 178 valence electrons. The Kier molecular flexibility index (Phi) is 8.22. The number of para-hydroxylation sites is 1. The second kappa shape index (κ2) is 11.7. The van der Waals surface area contributed by atoms with Crippen LogP contribution in [0.3, 0.4) is 0 Å². The average molecular weight is 466 g/mol. The molecule has 1 aliphatic rings. The van der Waals surface area contributed by atoms with Crippen molar-refractivity contribution in [3.63, 3.8) is 0 Å². The number of nitrogens with one attached hydrogen (secondary N) is 2. The van der Waals surface area contributed by atoms with Crippen LogP contribution in [-0.4, -0.2) is 37.0 Å². The lowest BCUT2D eigenvalue weighted by Crippen LogP contribution is -2.38. The van der Waals surface area contributed by atoms with Crippen molar-refractivity contribution >= 4 is 11.6 Å². The maximum Gasteiger partial charge on any atom is 0.238 e. The standard InChI is InChI=1S/C27H29F2N3O2/c28-22-14-21(15-23(29)16-22)19-32-12-10-20(11-13-32)17-30-18-27(33)31-24-6-8-26(9-7-24)34-25-4-2-1-3-5-25/h1-9,14-16,20,30H,10-13,17-19H2,(H,31,33). The minimum absolute atomic E-state index is 0.0951. The van der Waals surface area contributed by atoms with Gasteiger partial charge in [0.2, 0.25) is 5.91 Å². The molecule has 5 nitrogen and oxygen atoms in total. The van der Waals surface area contributed by atoms with Gasteiger partial charge in [-0.15, -0.1) is 0 Å². The highest BCUT2D eigenvalue weighted by Gasteiger charge is 2.19. The Morgan fingerprint density at radius 1 is 0.912 bits per heavy atom. The quantitative estimate of drug-likeness (QED) is 0.456. The van der Waals surface area contributed by atoms with Gasteiger partial charge in [0, 0.05) is 18.3 Å². The first-order chi connectivity index (χ1) is 16.5. The van der Waals surface area contributed by atoms with Crippen LogP contribution < -0.4 is 15.4 Å². The SMILES string of the molecule is O=C(CNCC1CCN(Cc2cc(F)cc(F)c2)CC1)Nc1ccc(Oc2ccccc2)cc1. The zero-order chi connectivity index (χ0) is 23.8. The fourth-order valence-electron chi connectivity index (χ4n) is 4.14. The number of hydrogen-bond donors (Lipinski definition) is 2. The fourth-order valence-corrected chi connectivity index (χ4v) is 4.14. The molecule has 7 heteroatoms. The third kappa shape index (κ3) is 7.37. The smallest absolute Gasteiger partial charge is 0.238 e. The Hall–Kier alpha value is -3.29. The van der Waals surface area contributed by atoms with E-state index in [1.165, 1.54) is 12.1 Å². The van der Waals surface area contributed by atoms with E-state index in [2.05, 4.69) is 15.5 Å². The van der Waals surface area contributed by atoms with Crippen molar-refractivity contribution in [1.82, 2.24) is 10.2 Å². The molecule has 34 heavy (non-hydrogen) atoms. The molecule has 3 aromatic rings. The molecule has 0 spiro atoms. The van der Waals surface area contributed by atoms with Crippen molar-refractivity contribution in [3.8, 4) is 11.5 Å². The molecule has 1 fully saturated rings. The topological polar surface area (TPSA) is 53.6 Å². The van der Waals surface area contributed by atoms with Crippen LogP contribution in [-0.2, 0) is 11.3 Å². The summed E-state index contributed by atoms with van der Waals surface area (Å²) >= 11 is 0. The van der Waals surface area contributed by atoms with E-state index < -0.39 is 11.6 Å². The fraction of sp³-hybridized carbons (Fsp3) is 0.296. The Labute approximate surface area is 198 Å². The largest absolute Gasteiger partial charge is 0.457 e. The van der Waals surface area contributed by atoms with Crippen molar-refractivity contribution in [2.45, 2.75) is 19.4 Å². The molecular weight excluding hydrogens is 436 g/mol. The van der Waals surface area contributed by atoms with Crippen LogP contribution in [0.25, 0.3) is 0 Å². The summed E-state index contributed by atoms with van der Waals surface area (Å²) in [6.07, 6.45) is 1.96. The highest BCUT2D eigenvalue weighted by Crippen LogP contribution is 2.23. The molecule has 1 amide bonds. The van der Waals surface area contributed by atoms with Crippen LogP contribution in [0.1, 0.15) is 18.4 Å². The summed E-state index contributed by atoms with van der Waals surface area (Å²) in [6.45, 7) is 3.29. The maximum absolute atomic E-state index is 13.4. The number of carbonyl (C=O) groups excluding carboxylic acids is 1. The van der Waals surface area contributed by atoms with Gasteiger partial charge in [0.05, 0.1) is 6.54 Å². The van der Waals surface area contributed by atoms with E-state index in [1.807, 2.05) is 54.6 Å². The lowest BCUT2D eigenvalue weighted by molar-refractivity contribution is -0.115. The Morgan fingerprint density at radius 2 is 1.56 bits per heavy atom. The Morgan fingerprint density at radius 3 is 2.24 bits per heavy atom. The Bertz CT molecular complexity index is 1050. The number of benzene rings is 3. The summed E-state index contributed by atoms with van der Waals surface area (Å²) in [5.41, 5.74) is 1.37. The molecule has 1 heterocycles. The molecule has 0 aromatic heterocycles. The first kappa shape index (κ1) is 23.9. The van der Waals surface area contributed by atoms with Crippen LogP contribution in [0.4, 0.5) is 14.5 Å². The predicted octanol–water partition coefficient (Wildman–Crippen LogP) is 5.20. The van der Waals surface area contributed by atoms with Gasteiger partial charge in [-0.05, 0) is 92.5 Å². The van der Waals surface area contributed by atoms with Crippen LogP contribution in [0.15, 0.2) is 72.8 Å². The summed E-state index contributed by atoms with van der Waals surface area (Å²) in [5, 5.41) is 6.13. The van der Waals surface area contributed by atoms with Gasteiger partial charge >= 0.3 is 0 Å². The average Bonchev–Trinajstić information content (AvgIpc) is 2.81. The van der Waals surface area contributed by atoms with Crippen molar-refractivity contribution in [2.24, 2.45) is 5.92 Å². The van der Waals surface area contributed by atoms with Crippen molar-refractivity contribution in [1.29, 1.82) is 0 Å². The number of halogens is 2. The van der Waals surface area contributed by atoms with Gasteiger partial charge in [-0.2, -0.15) is 0 Å². The van der Waals surface area contributed by atoms with E-state index in [1.54, 1.807) is 0 Å². The number of hydrogen-bond acceptors (Lipinski definition) is 4. The molecule has 1 saturated heterocycles. The Balaban J connectivity index is 1.13. The maximum atomic E-state index is 13.4. The molecule has 0 bridgehead atoms. The van der Waals surface area contributed by atoms with Gasteiger partial charge in [0.15, 0.2) is 0 Å². The molecule has 1 aliphatic heterocycles. The van der Waals surface area contributed by atoms with E-state index >= 15 is 0 Å². The number of piperidine rings is 1. The molecule has 0 radical (unpaired) electrons. The highest BCUT2D eigenvalue weighted by molar-refractivity contribution is 5.92. The van der Waals surface area contributed by atoms with E-state index in [4.69, 9.17) is 4.74 Å². The molecule has 3 aromatic carbocycles. The molecular formula is C27H29F2N3O2. The minimum atomic E-state index is -0.538. The number of nitrogens with zero attached hydrogens (tertiary/aromatic N) is 1. The molecule has 0 atom stereocenters. The van der Waals surface area contributed by atoms with Gasteiger partial charge in [-0.3, -0.25) is 9.69 Å². The van der Waals surface area contributed by atoms with Gasteiger partial charge in [0.25, 0.3) is 0 Å². The summed E-state index contributed by atoms with van der Waals surface area (Å²) < 4.78 is 32.5. The first-order valence-corrected chi connectivity index (χ1v) is 11.5. The van der Waals surface area contributed by atoms with Crippen LogP contribution in [0.2, 0.25) is 0 Å². The van der Waals surface area contributed by atoms with E-state index in [-0.39, 0.29) is 12.5 Å². The van der Waals surface area contributed by atoms with E-state index in [0.717, 1.165) is 44.3 Å². The van der Waals surface area contributed by atoms with E-state index in [9.17, 15) is 13.6 Å².